The van der Waals surface area contributed by atoms with Crippen molar-refractivity contribution in [3.05, 3.63) is 23.8 Å². The van der Waals surface area contributed by atoms with Gasteiger partial charge in [0.1, 0.15) is 0 Å². The molecule has 1 aromatic rings. The number of benzene rings is 1. The van der Waals surface area contributed by atoms with Crippen molar-refractivity contribution in [3.8, 4) is 11.5 Å². The minimum atomic E-state index is -0.357. The number of hydrogen-bond donors (Lipinski definition) is 0. The number of rotatable bonds is 4. The summed E-state index contributed by atoms with van der Waals surface area (Å²) in [5.41, 5.74) is 1.24. The van der Waals surface area contributed by atoms with Crippen LogP contribution in [0.15, 0.2) is 18.2 Å². The number of amides is 1. The van der Waals surface area contributed by atoms with E-state index >= 15 is 0 Å². The Hall–Kier alpha value is -2.12. The van der Waals surface area contributed by atoms with E-state index in [-0.39, 0.29) is 11.7 Å². The molecule has 3 aliphatic rings. The Morgan fingerprint density at radius 3 is 2.63 bits per heavy atom. The summed E-state index contributed by atoms with van der Waals surface area (Å²) in [5.74, 6) is 0.972. The van der Waals surface area contributed by atoms with Crippen molar-refractivity contribution in [3.63, 3.8) is 0 Å². The number of carbonyl (C=O) groups excluding carboxylic acids is 2. The lowest BCUT2D eigenvalue weighted by Crippen LogP contribution is -2.56. The molecule has 0 aliphatic carbocycles. The van der Waals surface area contributed by atoms with Crippen LogP contribution < -0.4 is 9.47 Å². The SMILES string of the molecule is CC(=O)C(=O)N1CCCC(N2CCN(Cc3ccc4c(c3)OCO4)CC2)C1. The van der Waals surface area contributed by atoms with Gasteiger partial charge in [-0.05, 0) is 30.5 Å². The largest absolute Gasteiger partial charge is 0.454 e. The predicted molar refractivity (Wildman–Crippen MR) is 99.7 cm³/mol. The van der Waals surface area contributed by atoms with Crippen molar-refractivity contribution < 1.29 is 19.1 Å². The highest BCUT2D eigenvalue weighted by molar-refractivity contribution is 6.35. The molecule has 3 heterocycles. The minimum Gasteiger partial charge on any atom is -0.454 e. The molecule has 1 unspecified atom stereocenters. The summed E-state index contributed by atoms with van der Waals surface area (Å²) >= 11 is 0. The van der Waals surface area contributed by atoms with Crippen LogP contribution in [0.3, 0.4) is 0 Å². The second-order valence-electron chi connectivity index (χ2n) is 7.60. The number of piperazine rings is 1. The summed E-state index contributed by atoms with van der Waals surface area (Å²) < 4.78 is 10.8. The molecule has 1 atom stereocenters. The van der Waals surface area contributed by atoms with Crippen molar-refractivity contribution in [1.82, 2.24) is 14.7 Å². The molecule has 0 bridgehead atoms. The molecule has 7 heteroatoms. The summed E-state index contributed by atoms with van der Waals surface area (Å²) in [6.45, 7) is 7.97. The molecule has 1 aromatic carbocycles. The number of Topliss-reactive ketones (excluding diaryl/α,β-unsaturated/α-hetero) is 1. The van der Waals surface area contributed by atoms with E-state index in [9.17, 15) is 9.59 Å². The van der Waals surface area contributed by atoms with Crippen LogP contribution in [0.5, 0.6) is 11.5 Å². The van der Waals surface area contributed by atoms with E-state index in [1.54, 1.807) is 4.90 Å². The summed E-state index contributed by atoms with van der Waals surface area (Å²) in [4.78, 5) is 30.0. The van der Waals surface area contributed by atoms with Gasteiger partial charge < -0.3 is 14.4 Å². The van der Waals surface area contributed by atoms with Gasteiger partial charge in [-0.15, -0.1) is 0 Å². The monoisotopic (exact) mass is 373 g/mol. The molecule has 4 rings (SSSR count). The van der Waals surface area contributed by atoms with E-state index in [0.29, 0.717) is 25.9 Å². The molecule has 0 N–H and O–H groups in total. The summed E-state index contributed by atoms with van der Waals surface area (Å²) in [7, 11) is 0. The summed E-state index contributed by atoms with van der Waals surface area (Å²) in [6, 6.07) is 6.53. The molecular formula is C20H27N3O4. The maximum Gasteiger partial charge on any atom is 0.289 e. The van der Waals surface area contributed by atoms with Crippen LogP contribution in [-0.4, -0.2) is 78.5 Å². The normalized spacial score (nSPS) is 23.4. The van der Waals surface area contributed by atoms with Gasteiger partial charge in [0.2, 0.25) is 12.6 Å². The first-order chi connectivity index (χ1) is 13.1. The fourth-order valence-corrected chi connectivity index (χ4v) is 4.24. The summed E-state index contributed by atoms with van der Waals surface area (Å²) in [6.07, 6.45) is 2.07. The van der Waals surface area contributed by atoms with Crippen LogP contribution in [-0.2, 0) is 16.1 Å². The van der Waals surface area contributed by atoms with Gasteiger partial charge in [-0.3, -0.25) is 19.4 Å². The van der Waals surface area contributed by atoms with Gasteiger partial charge in [0, 0.05) is 58.8 Å². The molecule has 3 aliphatic heterocycles. The lowest BCUT2D eigenvalue weighted by atomic mass is 10.0. The van der Waals surface area contributed by atoms with Gasteiger partial charge in [-0.25, -0.2) is 0 Å². The van der Waals surface area contributed by atoms with Crippen LogP contribution in [0.25, 0.3) is 0 Å². The topological polar surface area (TPSA) is 62.3 Å². The highest BCUT2D eigenvalue weighted by Gasteiger charge is 2.31. The Labute approximate surface area is 159 Å². The molecular weight excluding hydrogens is 346 g/mol. The number of hydrogen-bond acceptors (Lipinski definition) is 6. The third-order valence-corrected chi connectivity index (χ3v) is 5.75. The van der Waals surface area contributed by atoms with Crippen LogP contribution in [0, 0.1) is 0 Å². The molecule has 1 amide bonds. The van der Waals surface area contributed by atoms with E-state index in [1.165, 1.54) is 12.5 Å². The fourth-order valence-electron chi connectivity index (χ4n) is 4.24. The van der Waals surface area contributed by atoms with E-state index in [2.05, 4.69) is 21.9 Å². The Kier molecular flexibility index (Phi) is 5.31. The number of ether oxygens (including phenoxy) is 2. The third kappa shape index (κ3) is 4.09. The van der Waals surface area contributed by atoms with E-state index in [0.717, 1.165) is 57.1 Å². The standard InChI is InChI=1S/C20H27N3O4/c1-15(24)20(25)23-6-2-3-17(13-23)22-9-7-21(8-10-22)12-16-4-5-18-19(11-16)27-14-26-18/h4-5,11,17H,2-3,6-10,12-14H2,1H3. The van der Waals surface area contributed by atoms with Gasteiger partial charge in [0.05, 0.1) is 0 Å². The van der Waals surface area contributed by atoms with Crippen LogP contribution in [0.4, 0.5) is 0 Å². The number of nitrogens with zero attached hydrogens (tertiary/aromatic N) is 3. The molecule has 0 saturated carbocycles. The number of ketones is 1. The molecule has 7 nitrogen and oxygen atoms in total. The smallest absolute Gasteiger partial charge is 0.289 e. The number of carbonyl (C=O) groups is 2. The first-order valence-electron chi connectivity index (χ1n) is 9.75. The van der Waals surface area contributed by atoms with E-state index in [1.807, 2.05) is 6.07 Å². The Morgan fingerprint density at radius 1 is 1.07 bits per heavy atom. The first-order valence-corrected chi connectivity index (χ1v) is 9.75. The number of likely N-dealkylation sites (tertiary alicyclic amines) is 1. The van der Waals surface area contributed by atoms with Gasteiger partial charge in [0.15, 0.2) is 11.5 Å². The minimum absolute atomic E-state index is 0.308. The van der Waals surface area contributed by atoms with Gasteiger partial charge in [0.25, 0.3) is 5.91 Å². The number of fused-ring (bicyclic) bond motifs is 1. The van der Waals surface area contributed by atoms with Crippen molar-refractivity contribution in [2.45, 2.75) is 32.4 Å². The quantitative estimate of drug-likeness (QED) is 0.737. The highest BCUT2D eigenvalue weighted by atomic mass is 16.7. The van der Waals surface area contributed by atoms with E-state index in [4.69, 9.17) is 9.47 Å². The molecule has 0 spiro atoms. The molecule has 0 radical (unpaired) electrons. The second-order valence-corrected chi connectivity index (χ2v) is 7.60. The number of piperidine rings is 1. The van der Waals surface area contributed by atoms with Gasteiger partial charge >= 0.3 is 0 Å². The molecule has 146 valence electrons. The van der Waals surface area contributed by atoms with Crippen LogP contribution in [0.1, 0.15) is 25.3 Å². The predicted octanol–water partition coefficient (Wildman–Crippen LogP) is 1.11. The van der Waals surface area contributed by atoms with E-state index < -0.39 is 0 Å². The maximum absolute atomic E-state index is 12.0. The third-order valence-electron chi connectivity index (χ3n) is 5.75. The highest BCUT2D eigenvalue weighted by Crippen LogP contribution is 2.33. The zero-order valence-electron chi connectivity index (χ0n) is 15.9. The maximum atomic E-state index is 12.0. The molecule has 2 fully saturated rings. The van der Waals surface area contributed by atoms with Crippen molar-refractivity contribution in [2.24, 2.45) is 0 Å². The Balaban J connectivity index is 1.28. The Morgan fingerprint density at radius 2 is 1.85 bits per heavy atom. The Bertz CT molecular complexity index is 715. The molecule has 2 saturated heterocycles. The second kappa shape index (κ2) is 7.86. The van der Waals surface area contributed by atoms with Crippen LogP contribution in [0.2, 0.25) is 0 Å². The molecule has 27 heavy (non-hydrogen) atoms. The lowest BCUT2D eigenvalue weighted by Gasteiger charge is -2.43. The average molecular weight is 373 g/mol. The summed E-state index contributed by atoms with van der Waals surface area (Å²) in [5, 5.41) is 0. The lowest BCUT2D eigenvalue weighted by molar-refractivity contribution is -0.145. The fraction of sp³-hybridized carbons (Fsp3) is 0.600. The van der Waals surface area contributed by atoms with Crippen molar-refractivity contribution in [1.29, 1.82) is 0 Å². The zero-order valence-corrected chi connectivity index (χ0v) is 15.9. The molecule has 0 aromatic heterocycles. The zero-order chi connectivity index (χ0) is 18.8. The van der Waals surface area contributed by atoms with Gasteiger partial charge in [-0.2, -0.15) is 0 Å². The van der Waals surface area contributed by atoms with Crippen molar-refractivity contribution >= 4 is 11.7 Å². The van der Waals surface area contributed by atoms with Gasteiger partial charge in [-0.1, -0.05) is 6.07 Å². The van der Waals surface area contributed by atoms with Crippen molar-refractivity contribution in [2.75, 3.05) is 46.1 Å². The average Bonchev–Trinajstić information content (AvgIpc) is 3.16. The van der Waals surface area contributed by atoms with Crippen LogP contribution >= 0.6 is 0 Å². The first kappa shape index (κ1) is 18.3.